The van der Waals surface area contributed by atoms with Crippen LogP contribution >= 0.6 is 11.6 Å². The van der Waals surface area contributed by atoms with Crippen molar-refractivity contribution >= 4 is 40.4 Å². The number of rotatable bonds is 3. The van der Waals surface area contributed by atoms with Gasteiger partial charge in [0.2, 0.25) is 0 Å². The lowest BCUT2D eigenvalue weighted by Crippen LogP contribution is -2.34. The van der Waals surface area contributed by atoms with Gasteiger partial charge in [-0.25, -0.2) is 4.90 Å². The van der Waals surface area contributed by atoms with E-state index < -0.39 is 0 Å². The highest BCUT2D eigenvalue weighted by atomic mass is 35.5. The van der Waals surface area contributed by atoms with E-state index in [-0.39, 0.29) is 11.8 Å². The van der Waals surface area contributed by atoms with Crippen LogP contribution in [0, 0.1) is 13.8 Å². The summed E-state index contributed by atoms with van der Waals surface area (Å²) < 4.78 is 0. The predicted octanol–water partition coefficient (Wildman–Crippen LogP) is 5.30. The second-order valence-corrected chi connectivity index (χ2v) is 8.43. The highest BCUT2D eigenvalue weighted by Gasteiger charge is 2.44. The molecule has 0 atom stereocenters. The average molecular weight is 429 g/mol. The molecule has 5 heteroatoms. The highest BCUT2D eigenvalue weighted by Crippen LogP contribution is 2.41. The van der Waals surface area contributed by atoms with Gasteiger partial charge in [-0.05, 0) is 61.2 Å². The first-order chi connectivity index (χ1) is 15.0. The third-order valence-electron chi connectivity index (χ3n) is 5.93. The fourth-order valence-corrected chi connectivity index (χ4v) is 4.71. The van der Waals surface area contributed by atoms with Crippen molar-refractivity contribution in [1.82, 2.24) is 0 Å². The maximum atomic E-state index is 13.7. The SMILES string of the molecule is Cc1ccc(C2=C(N3CCc4ccccc43)C(=O)N(c3cccc(Cl)c3)C2=O)c(C)c1. The molecule has 0 saturated carbocycles. The van der Waals surface area contributed by atoms with Crippen molar-refractivity contribution in [1.29, 1.82) is 0 Å². The molecule has 3 aromatic carbocycles. The van der Waals surface area contributed by atoms with Gasteiger partial charge in [-0.2, -0.15) is 0 Å². The average Bonchev–Trinajstić information content (AvgIpc) is 3.26. The molecule has 154 valence electrons. The molecule has 2 heterocycles. The van der Waals surface area contributed by atoms with Crippen LogP contribution in [0.3, 0.4) is 0 Å². The minimum Gasteiger partial charge on any atom is -0.336 e. The largest absolute Gasteiger partial charge is 0.336 e. The molecule has 0 spiro atoms. The summed E-state index contributed by atoms with van der Waals surface area (Å²) in [7, 11) is 0. The van der Waals surface area contributed by atoms with Crippen LogP contribution in [0.2, 0.25) is 5.02 Å². The topological polar surface area (TPSA) is 40.6 Å². The zero-order chi connectivity index (χ0) is 21.7. The lowest BCUT2D eigenvalue weighted by atomic mass is 9.97. The Morgan fingerprint density at radius 3 is 2.45 bits per heavy atom. The van der Waals surface area contributed by atoms with Gasteiger partial charge in [0.1, 0.15) is 5.70 Å². The predicted molar refractivity (Wildman–Crippen MR) is 124 cm³/mol. The van der Waals surface area contributed by atoms with Gasteiger partial charge in [-0.15, -0.1) is 0 Å². The van der Waals surface area contributed by atoms with Crippen LogP contribution in [-0.4, -0.2) is 18.4 Å². The van der Waals surface area contributed by atoms with Crippen LogP contribution in [0.5, 0.6) is 0 Å². The van der Waals surface area contributed by atoms with Crippen LogP contribution in [0.25, 0.3) is 5.57 Å². The molecule has 2 amide bonds. The minimum atomic E-state index is -0.321. The van der Waals surface area contributed by atoms with Gasteiger partial charge in [0.25, 0.3) is 11.8 Å². The maximum absolute atomic E-state index is 13.7. The van der Waals surface area contributed by atoms with Gasteiger partial charge >= 0.3 is 0 Å². The molecule has 31 heavy (non-hydrogen) atoms. The number of nitrogens with zero attached hydrogens (tertiary/aromatic N) is 2. The summed E-state index contributed by atoms with van der Waals surface area (Å²) in [5, 5.41) is 0.478. The molecule has 5 rings (SSSR count). The van der Waals surface area contributed by atoms with Crippen molar-refractivity contribution in [3.05, 3.63) is 99.7 Å². The number of hydrogen-bond acceptors (Lipinski definition) is 3. The van der Waals surface area contributed by atoms with Gasteiger partial charge in [-0.3, -0.25) is 9.59 Å². The molecule has 0 unspecified atom stereocenters. The summed E-state index contributed by atoms with van der Waals surface area (Å²) >= 11 is 6.17. The summed E-state index contributed by atoms with van der Waals surface area (Å²) in [5.41, 5.74) is 6.37. The second-order valence-electron chi connectivity index (χ2n) is 8.00. The zero-order valence-corrected chi connectivity index (χ0v) is 18.1. The summed E-state index contributed by atoms with van der Waals surface area (Å²) in [6.45, 7) is 4.65. The Kier molecular flexibility index (Phi) is 4.67. The van der Waals surface area contributed by atoms with E-state index in [9.17, 15) is 9.59 Å². The van der Waals surface area contributed by atoms with Crippen LogP contribution in [0.15, 0.2) is 72.4 Å². The van der Waals surface area contributed by atoms with E-state index in [1.165, 1.54) is 10.5 Å². The van der Waals surface area contributed by atoms with E-state index in [1.54, 1.807) is 24.3 Å². The molecular formula is C26H21ClN2O2. The number of para-hydroxylation sites is 1. The number of aryl methyl sites for hydroxylation is 2. The van der Waals surface area contributed by atoms with E-state index in [4.69, 9.17) is 11.6 Å². The van der Waals surface area contributed by atoms with Crippen LogP contribution in [0.4, 0.5) is 11.4 Å². The fraction of sp³-hybridized carbons (Fsp3) is 0.154. The Morgan fingerprint density at radius 1 is 0.871 bits per heavy atom. The molecule has 0 aliphatic carbocycles. The van der Waals surface area contributed by atoms with Crippen LogP contribution < -0.4 is 9.80 Å². The van der Waals surface area contributed by atoms with E-state index in [2.05, 4.69) is 6.07 Å². The molecule has 0 radical (unpaired) electrons. The Bertz CT molecular complexity index is 1280. The van der Waals surface area contributed by atoms with Crippen molar-refractivity contribution in [3.63, 3.8) is 0 Å². The monoisotopic (exact) mass is 428 g/mol. The van der Waals surface area contributed by atoms with E-state index >= 15 is 0 Å². The van der Waals surface area contributed by atoms with Crippen molar-refractivity contribution in [2.45, 2.75) is 20.3 Å². The van der Waals surface area contributed by atoms with E-state index in [1.807, 2.05) is 55.1 Å². The summed E-state index contributed by atoms with van der Waals surface area (Å²) in [4.78, 5) is 30.7. The van der Waals surface area contributed by atoms with Crippen molar-refractivity contribution in [2.24, 2.45) is 0 Å². The number of amides is 2. The number of hydrogen-bond donors (Lipinski definition) is 0. The standard InChI is InChI=1S/C26H21ClN2O2/c1-16-10-11-21(17(2)14-16)23-24(28-13-12-18-6-3-4-9-22(18)28)26(31)29(25(23)30)20-8-5-7-19(27)15-20/h3-11,14-15H,12-13H2,1-2H3. The minimum absolute atomic E-state index is 0.320. The first-order valence-corrected chi connectivity index (χ1v) is 10.6. The fourth-order valence-electron chi connectivity index (χ4n) is 4.53. The first kappa shape index (κ1) is 19.6. The van der Waals surface area contributed by atoms with Gasteiger partial charge in [-0.1, -0.05) is 59.6 Å². The number of anilines is 2. The van der Waals surface area contributed by atoms with Gasteiger partial charge in [0.05, 0.1) is 11.3 Å². The molecular weight excluding hydrogens is 408 g/mol. The lowest BCUT2D eigenvalue weighted by Gasteiger charge is -2.22. The van der Waals surface area contributed by atoms with Crippen molar-refractivity contribution in [3.8, 4) is 0 Å². The van der Waals surface area contributed by atoms with Crippen LogP contribution in [0.1, 0.15) is 22.3 Å². The van der Waals surface area contributed by atoms with Crippen LogP contribution in [-0.2, 0) is 16.0 Å². The van der Waals surface area contributed by atoms with Crippen molar-refractivity contribution in [2.75, 3.05) is 16.3 Å². The number of carbonyl (C=O) groups excluding carboxylic acids is 2. The molecule has 0 bridgehead atoms. The number of carbonyl (C=O) groups is 2. The van der Waals surface area contributed by atoms with Gasteiger partial charge in [0, 0.05) is 17.3 Å². The molecule has 4 nitrogen and oxygen atoms in total. The smallest absolute Gasteiger partial charge is 0.282 e. The van der Waals surface area contributed by atoms with Gasteiger partial charge < -0.3 is 4.90 Å². The molecule has 0 fully saturated rings. The van der Waals surface area contributed by atoms with Crippen molar-refractivity contribution < 1.29 is 9.59 Å². The quantitative estimate of drug-likeness (QED) is 0.531. The molecule has 0 saturated heterocycles. The molecule has 0 N–H and O–H groups in total. The second kappa shape index (κ2) is 7.40. The Hall–Kier alpha value is -3.37. The normalized spacial score (nSPS) is 15.8. The maximum Gasteiger partial charge on any atom is 0.282 e. The third kappa shape index (κ3) is 3.15. The molecule has 2 aliphatic heterocycles. The Labute approximate surface area is 186 Å². The molecule has 3 aromatic rings. The number of imide groups is 1. The summed E-state index contributed by atoms with van der Waals surface area (Å²) in [6.07, 6.45) is 0.832. The first-order valence-electron chi connectivity index (χ1n) is 10.3. The Morgan fingerprint density at radius 2 is 1.68 bits per heavy atom. The summed E-state index contributed by atoms with van der Waals surface area (Å²) in [5.74, 6) is -0.641. The number of benzene rings is 3. The summed E-state index contributed by atoms with van der Waals surface area (Å²) in [6, 6.07) is 20.9. The third-order valence-corrected chi connectivity index (χ3v) is 6.17. The zero-order valence-electron chi connectivity index (χ0n) is 17.4. The lowest BCUT2D eigenvalue weighted by molar-refractivity contribution is -0.120. The highest BCUT2D eigenvalue weighted by molar-refractivity contribution is 6.46. The molecule has 0 aromatic heterocycles. The Balaban J connectivity index is 1.72. The van der Waals surface area contributed by atoms with E-state index in [0.717, 1.165) is 28.8 Å². The van der Waals surface area contributed by atoms with E-state index in [0.29, 0.717) is 28.5 Å². The number of fused-ring (bicyclic) bond motifs is 1. The molecule has 2 aliphatic rings. The van der Waals surface area contributed by atoms with Gasteiger partial charge in [0.15, 0.2) is 0 Å². The number of halogens is 1.